The number of ether oxygens (including phenoxy) is 1. The Bertz CT molecular complexity index is 525. The number of rotatable bonds is 2. The fourth-order valence-electron chi connectivity index (χ4n) is 1.40. The van der Waals surface area contributed by atoms with Crippen LogP contribution in [0.4, 0.5) is 5.82 Å². The van der Waals surface area contributed by atoms with E-state index in [1.54, 1.807) is 12.5 Å². The molecule has 0 saturated carbocycles. The topological polar surface area (TPSA) is 48.1 Å². The maximum Gasteiger partial charge on any atom is 0.135 e. The van der Waals surface area contributed by atoms with Gasteiger partial charge in [-0.3, -0.25) is 0 Å². The lowest BCUT2D eigenvalue weighted by Gasteiger charge is -2.08. The Balaban J connectivity index is 2.59. The summed E-state index contributed by atoms with van der Waals surface area (Å²) in [5.41, 5.74) is 7.45. The van der Waals surface area contributed by atoms with Gasteiger partial charge in [0.25, 0.3) is 0 Å². The number of hydrogen-bond donors (Lipinski definition) is 1. The van der Waals surface area contributed by atoms with Crippen LogP contribution < -0.4 is 10.5 Å². The van der Waals surface area contributed by atoms with Crippen molar-refractivity contribution in [3.05, 3.63) is 28.1 Å². The summed E-state index contributed by atoms with van der Waals surface area (Å²) in [4.78, 5) is 4.22. The fourth-order valence-corrected chi connectivity index (χ4v) is 2.29. The van der Waals surface area contributed by atoms with Crippen molar-refractivity contribution in [1.29, 1.82) is 0 Å². The van der Waals surface area contributed by atoms with Crippen molar-refractivity contribution < 1.29 is 4.74 Å². The zero-order valence-corrected chi connectivity index (χ0v) is 10.5. The Morgan fingerprint density at radius 2 is 2.19 bits per heavy atom. The van der Waals surface area contributed by atoms with Gasteiger partial charge in [0, 0.05) is 10.4 Å². The Morgan fingerprint density at radius 3 is 2.75 bits per heavy atom. The molecule has 0 spiro atoms. The van der Waals surface area contributed by atoms with Crippen LogP contribution in [0.1, 0.15) is 5.56 Å². The first-order chi connectivity index (χ1) is 7.61. The lowest BCUT2D eigenvalue weighted by Crippen LogP contribution is -1.90. The van der Waals surface area contributed by atoms with Gasteiger partial charge in [0.15, 0.2) is 0 Å². The highest BCUT2D eigenvalue weighted by atomic mass is 35.5. The third kappa shape index (κ3) is 1.99. The Labute approximate surface area is 103 Å². The highest BCUT2D eigenvalue weighted by Crippen LogP contribution is 2.36. The van der Waals surface area contributed by atoms with Gasteiger partial charge in [-0.25, -0.2) is 4.98 Å². The van der Waals surface area contributed by atoms with Crippen LogP contribution in [0.15, 0.2) is 17.5 Å². The van der Waals surface area contributed by atoms with Crippen molar-refractivity contribution in [1.82, 2.24) is 4.98 Å². The summed E-state index contributed by atoms with van der Waals surface area (Å²) >= 11 is 7.56. The number of anilines is 1. The van der Waals surface area contributed by atoms with Crippen molar-refractivity contribution in [3.63, 3.8) is 0 Å². The average Bonchev–Trinajstić information content (AvgIpc) is 2.68. The van der Waals surface area contributed by atoms with Crippen molar-refractivity contribution in [2.24, 2.45) is 0 Å². The number of nitrogen functional groups attached to an aromatic ring is 1. The van der Waals surface area contributed by atoms with E-state index in [4.69, 9.17) is 22.1 Å². The van der Waals surface area contributed by atoms with Crippen LogP contribution in [0.25, 0.3) is 10.6 Å². The van der Waals surface area contributed by atoms with Gasteiger partial charge in [-0.15, -0.1) is 11.3 Å². The van der Waals surface area contributed by atoms with E-state index < -0.39 is 0 Å². The fraction of sp³-hybridized carbons (Fsp3) is 0.182. The van der Waals surface area contributed by atoms with Gasteiger partial charge in [-0.05, 0) is 24.6 Å². The molecule has 0 fully saturated rings. The molecule has 1 heterocycles. The summed E-state index contributed by atoms with van der Waals surface area (Å²) < 4.78 is 5.31. The number of halogens is 1. The number of benzene rings is 1. The van der Waals surface area contributed by atoms with E-state index in [-0.39, 0.29) is 0 Å². The minimum absolute atomic E-state index is 0.513. The van der Waals surface area contributed by atoms with E-state index in [1.165, 1.54) is 11.3 Å². The van der Waals surface area contributed by atoms with Gasteiger partial charge in [0.05, 0.1) is 12.7 Å². The van der Waals surface area contributed by atoms with Gasteiger partial charge in [-0.1, -0.05) is 11.6 Å². The highest BCUT2D eigenvalue weighted by molar-refractivity contribution is 7.13. The van der Waals surface area contributed by atoms with Crippen LogP contribution in [0, 0.1) is 6.92 Å². The first kappa shape index (κ1) is 11.2. The minimum Gasteiger partial charge on any atom is -0.496 e. The van der Waals surface area contributed by atoms with Crippen molar-refractivity contribution in [2.75, 3.05) is 12.8 Å². The molecule has 5 heteroatoms. The molecule has 2 aromatic rings. The molecule has 0 aliphatic carbocycles. The molecular weight excluding hydrogens is 244 g/mol. The summed E-state index contributed by atoms with van der Waals surface area (Å²) in [6.45, 7) is 1.94. The summed E-state index contributed by atoms with van der Waals surface area (Å²) in [7, 11) is 1.63. The Kier molecular flexibility index (Phi) is 3.03. The van der Waals surface area contributed by atoms with Crippen LogP contribution in [-0.2, 0) is 0 Å². The van der Waals surface area contributed by atoms with Crippen LogP contribution in [-0.4, -0.2) is 12.1 Å². The highest BCUT2D eigenvalue weighted by Gasteiger charge is 2.12. The molecule has 0 bridgehead atoms. The molecule has 0 amide bonds. The van der Waals surface area contributed by atoms with Crippen LogP contribution in [0.5, 0.6) is 5.75 Å². The molecule has 1 aromatic carbocycles. The predicted molar refractivity (Wildman–Crippen MR) is 68.3 cm³/mol. The van der Waals surface area contributed by atoms with E-state index in [2.05, 4.69) is 4.98 Å². The van der Waals surface area contributed by atoms with E-state index in [0.29, 0.717) is 10.8 Å². The first-order valence-corrected chi connectivity index (χ1v) is 5.93. The van der Waals surface area contributed by atoms with Gasteiger partial charge < -0.3 is 10.5 Å². The molecule has 2 N–H and O–H groups in total. The Morgan fingerprint density at radius 1 is 1.44 bits per heavy atom. The number of methoxy groups -OCH3 is 1. The molecular formula is C11H11ClN2OS. The maximum absolute atomic E-state index is 6.09. The third-order valence-electron chi connectivity index (χ3n) is 2.23. The number of nitrogens with two attached hydrogens (primary N) is 1. The molecule has 3 nitrogen and oxygen atoms in total. The molecule has 0 saturated heterocycles. The molecule has 0 radical (unpaired) electrons. The molecule has 1 aromatic heterocycles. The number of hydrogen-bond acceptors (Lipinski definition) is 4. The van der Waals surface area contributed by atoms with Gasteiger partial charge in [-0.2, -0.15) is 0 Å². The average molecular weight is 255 g/mol. The van der Waals surface area contributed by atoms with Crippen molar-refractivity contribution in [2.45, 2.75) is 6.92 Å². The van der Waals surface area contributed by atoms with Crippen molar-refractivity contribution in [3.8, 4) is 16.3 Å². The SMILES string of the molecule is COc1cc(C)c(Cl)cc1-c1nc(N)cs1. The maximum atomic E-state index is 6.09. The van der Waals surface area contributed by atoms with Gasteiger partial charge in [0.1, 0.15) is 16.6 Å². The van der Waals surface area contributed by atoms with Crippen molar-refractivity contribution >= 4 is 28.8 Å². The lowest BCUT2D eigenvalue weighted by molar-refractivity contribution is 0.416. The summed E-state index contributed by atoms with van der Waals surface area (Å²) in [6.07, 6.45) is 0. The molecule has 0 aliphatic heterocycles. The second-order valence-electron chi connectivity index (χ2n) is 3.38. The number of thiazole rings is 1. The standard InChI is InChI=1S/C11H11ClN2OS/c1-6-3-9(15-2)7(4-8(6)12)11-14-10(13)5-16-11/h3-5H,13H2,1-2H3. The molecule has 0 unspecified atom stereocenters. The second kappa shape index (κ2) is 4.31. The zero-order chi connectivity index (χ0) is 11.7. The first-order valence-electron chi connectivity index (χ1n) is 4.67. The zero-order valence-electron chi connectivity index (χ0n) is 8.95. The molecule has 84 valence electrons. The number of aryl methyl sites for hydroxylation is 1. The summed E-state index contributed by atoms with van der Waals surface area (Å²) in [5.74, 6) is 1.27. The summed E-state index contributed by atoms with van der Waals surface area (Å²) in [6, 6.07) is 3.75. The van der Waals surface area contributed by atoms with E-state index in [1.807, 2.05) is 19.1 Å². The van der Waals surface area contributed by atoms with E-state index >= 15 is 0 Å². The van der Waals surface area contributed by atoms with Crippen LogP contribution in [0.3, 0.4) is 0 Å². The van der Waals surface area contributed by atoms with Crippen LogP contribution >= 0.6 is 22.9 Å². The second-order valence-corrected chi connectivity index (χ2v) is 4.64. The minimum atomic E-state index is 0.513. The van der Waals surface area contributed by atoms with E-state index in [0.717, 1.165) is 21.9 Å². The molecule has 0 atom stereocenters. The monoisotopic (exact) mass is 254 g/mol. The summed E-state index contributed by atoms with van der Waals surface area (Å²) in [5, 5.41) is 3.31. The third-order valence-corrected chi connectivity index (χ3v) is 3.53. The molecule has 16 heavy (non-hydrogen) atoms. The van der Waals surface area contributed by atoms with Gasteiger partial charge in [0.2, 0.25) is 0 Å². The number of aromatic nitrogens is 1. The lowest BCUT2D eigenvalue weighted by atomic mass is 10.1. The largest absolute Gasteiger partial charge is 0.496 e. The van der Waals surface area contributed by atoms with E-state index in [9.17, 15) is 0 Å². The molecule has 0 aliphatic rings. The van der Waals surface area contributed by atoms with Crippen LogP contribution in [0.2, 0.25) is 5.02 Å². The smallest absolute Gasteiger partial charge is 0.135 e. The predicted octanol–water partition coefficient (Wildman–Crippen LogP) is 3.36. The normalized spacial score (nSPS) is 10.4. The Hall–Kier alpha value is -1.26. The molecule has 2 rings (SSSR count). The number of nitrogens with zero attached hydrogens (tertiary/aromatic N) is 1. The quantitative estimate of drug-likeness (QED) is 0.894. The van der Waals surface area contributed by atoms with Gasteiger partial charge >= 0.3 is 0 Å².